The third kappa shape index (κ3) is 7.17. The molecule has 1 fully saturated rings. The summed E-state index contributed by atoms with van der Waals surface area (Å²) in [5, 5.41) is 11.3. The SMILES string of the molecule is CN=C(NCCCn1nc(C)cc1C)NCc1ccnc(N2CCCCC2)c1.I. The first-order valence-corrected chi connectivity index (χ1v) is 10.3. The quantitative estimate of drug-likeness (QED) is 0.259. The number of aryl methyl sites for hydroxylation is 3. The minimum atomic E-state index is 0. The van der Waals surface area contributed by atoms with Gasteiger partial charge in [0.25, 0.3) is 0 Å². The van der Waals surface area contributed by atoms with Crippen LogP contribution in [-0.2, 0) is 13.1 Å². The van der Waals surface area contributed by atoms with E-state index in [0.29, 0.717) is 0 Å². The molecule has 160 valence electrons. The summed E-state index contributed by atoms with van der Waals surface area (Å²) in [6.07, 6.45) is 6.76. The Hall–Kier alpha value is -1.84. The van der Waals surface area contributed by atoms with Crippen LogP contribution in [0.25, 0.3) is 0 Å². The summed E-state index contributed by atoms with van der Waals surface area (Å²) in [5.41, 5.74) is 3.51. The van der Waals surface area contributed by atoms with Crippen LogP contribution in [-0.4, -0.2) is 47.4 Å². The van der Waals surface area contributed by atoms with Crippen molar-refractivity contribution in [1.29, 1.82) is 0 Å². The highest BCUT2D eigenvalue weighted by atomic mass is 127. The molecule has 0 saturated carbocycles. The zero-order valence-corrected chi connectivity index (χ0v) is 20.1. The molecule has 2 aromatic rings. The summed E-state index contributed by atoms with van der Waals surface area (Å²) in [5.74, 6) is 1.91. The molecule has 0 bridgehead atoms. The van der Waals surface area contributed by atoms with Gasteiger partial charge in [-0.2, -0.15) is 5.10 Å². The molecular weight excluding hydrogens is 477 g/mol. The van der Waals surface area contributed by atoms with Crippen LogP contribution in [0.1, 0.15) is 42.6 Å². The number of pyridine rings is 1. The zero-order chi connectivity index (χ0) is 19.8. The van der Waals surface area contributed by atoms with Crippen molar-refractivity contribution in [1.82, 2.24) is 25.4 Å². The lowest BCUT2D eigenvalue weighted by atomic mass is 10.1. The third-order valence-electron chi connectivity index (χ3n) is 5.12. The number of aromatic nitrogens is 3. The van der Waals surface area contributed by atoms with E-state index in [0.717, 1.165) is 56.6 Å². The molecule has 1 aliphatic rings. The highest BCUT2D eigenvalue weighted by Gasteiger charge is 2.12. The Morgan fingerprint density at radius 3 is 2.62 bits per heavy atom. The maximum Gasteiger partial charge on any atom is 0.191 e. The van der Waals surface area contributed by atoms with Crippen LogP contribution >= 0.6 is 24.0 Å². The molecule has 0 aliphatic carbocycles. The second-order valence-corrected chi connectivity index (χ2v) is 7.43. The summed E-state index contributed by atoms with van der Waals surface area (Å²) < 4.78 is 2.06. The number of anilines is 1. The number of hydrogen-bond donors (Lipinski definition) is 2. The summed E-state index contributed by atoms with van der Waals surface area (Å²) in [7, 11) is 1.81. The fourth-order valence-corrected chi connectivity index (χ4v) is 3.61. The van der Waals surface area contributed by atoms with Crippen LogP contribution in [0, 0.1) is 13.8 Å². The lowest BCUT2D eigenvalue weighted by Gasteiger charge is -2.28. The summed E-state index contributed by atoms with van der Waals surface area (Å²) in [6.45, 7) is 8.86. The Bertz CT molecular complexity index is 781. The molecule has 0 atom stereocenters. The third-order valence-corrected chi connectivity index (χ3v) is 5.12. The smallest absolute Gasteiger partial charge is 0.191 e. The lowest BCUT2D eigenvalue weighted by Crippen LogP contribution is -2.37. The number of halogens is 1. The Kier molecular flexibility index (Phi) is 9.69. The number of rotatable bonds is 7. The van der Waals surface area contributed by atoms with E-state index in [2.05, 4.69) is 60.4 Å². The molecule has 7 nitrogen and oxygen atoms in total. The van der Waals surface area contributed by atoms with E-state index in [9.17, 15) is 0 Å². The second kappa shape index (κ2) is 12.0. The Labute approximate surface area is 191 Å². The lowest BCUT2D eigenvalue weighted by molar-refractivity contribution is 0.555. The molecule has 2 N–H and O–H groups in total. The van der Waals surface area contributed by atoms with Gasteiger partial charge in [-0.3, -0.25) is 9.67 Å². The number of nitrogens with one attached hydrogen (secondary N) is 2. The molecule has 8 heteroatoms. The average Bonchev–Trinajstić information content (AvgIpc) is 3.05. The van der Waals surface area contributed by atoms with Crippen molar-refractivity contribution in [2.24, 2.45) is 4.99 Å². The van der Waals surface area contributed by atoms with Crippen molar-refractivity contribution >= 4 is 35.8 Å². The minimum absolute atomic E-state index is 0. The van der Waals surface area contributed by atoms with E-state index in [1.54, 1.807) is 0 Å². The van der Waals surface area contributed by atoms with Crippen molar-refractivity contribution in [3.8, 4) is 0 Å². The molecule has 0 spiro atoms. The minimum Gasteiger partial charge on any atom is -0.357 e. The van der Waals surface area contributed by atoms with E-state index in [1.165, 1.54) is 30.5 Å². The largest absolute Gasteiger partial charge is 0.357 e. The first-order chi connectivity index (χ1) is 13.7. The topological polar surface area (TPSA) is 70.4 Å². The molecule has 1 aliphatic heterocycles. The molecule has 2 aromatic heterocycles. The van der Waals surface area contributed by atoms with Crippen molar-refractivity contribution in [2.45, 2.75) is 52.6 Å². The number of hydrogen-bond acceptors (Lipinski definition) is 4. The fourth-order valence-electron chi connectivity index (χ4n) is 3.61. The van der Waals surface area contributed by atoms with Gasteiger partial charge in [-0.25, -0.2) is 4.98 Å². The number of nitrogens with zero attached hydrogens (tertiary/aromatic N) is 5. The van der Waals surface area contributed by atoms with Crippen LogP contribution in [0.3, 0.4) is 0 Å². The van der Waals surface area contributed by atoms with Crippen LogP contribution in [0.2, 0.25) is 0 Å². The van der Waals surface area contributed by atoms with E-state index in [-0.39, 0.29) is 24.0 Å². The number of piperidine rings is 1. The van der Waals surface area contributed by atoms with Crippen molar-refractivity contribution in [3.63, 3.8) is 0 Å². The van der Waals surface area contributed by atoms with Gasteiger partial charge < -0.3 is 15.5 Å². The average molecular weight is 511 g/mol. The number of guanidine groups is 1. The van der Waals surface area contributed by atoms with E-state index in [4.69, 9.17) is 0 Å². The van der Waals surface area contributed by atoms with Crippen LogP contribution in [0.15, 0.2) is 29.4 Å². The van der Waals surface area contributed by atoms with Gasteiger partial charge >= 0.3 is 0 Å². The predicted octanol–water partition coefficient (Wildman–Crippen LogP) is 3.26. The monoisotopic (exact) mass is 511 g/mol. The van der Waals surface area contributed by atoms with E-state index < -0.39 is 0 Å². The van der Waals surface area contributed by atoms with Crippen LogP contribution in [0.4, 0.5) is 5.82 Å². The summed E-state index contributed by atoms with van der Waals surface area (Å²) >= 11 is 0. The molecule has 1 saturated heterocycles. The summed E-state index contributed by atoms with van der Waals surface area (Å²) in [4.78, 5) is 11.3. The van der Waals surface area contributed by atoms with Gasteiger partial charge in [0.2, 0.25) is 0 Å². The first-order valence-electron chi connectivity index (χ1n) is 10.3. The Morgan fingerprint density at radius 2 is 1.93 bits per heavy atom. The second-order valence-electron chi connectivity index (χ2n) is 7.43. The maximum absolute atomic E-state index is 4.55. The molecule has 0 amide bonds. The maximum atomic E-state index is 4.55. The van der Waals surface area contributed by atoms with Gasteiger partial charge in [0.05, 0.1) is 5.69 Å². The molecule has 0 aromatic carbocycles. The highest BCUT2D eigenvalue weighted by Crippen LogP contribution is 2.18. The molecule has 29 heavy (non-hydrogen) atoms. The van der Waals surface area contributed by atoms with Gasteiger partial charge in [-0.05, 0) is 63.3 Å². The Morgan fingerprint density at radius 1 is 1.14 bits per heavy atom. The first kappa shape index (κ1) is 23.4. The predicted molar refractivity (Wildman–Crippen MR) is 130 cm³/mol. The fraction of sp³-hybridized carbons (Fsp3) is 0.571. The summed E-state index contributed by atoms with van der Waals surface area (Å²) in [6, 6.07) is 6.37. The van der Waals surface area contributed by atoms with E-state index >= 15 is 0 Å². The van der Waals surface area contributed by atoms with Gasteiger partial charge in [0.15, 0.2) is 5.96 Å². The zero-order valence-electron chi connectivity index (χ0n) is 17.8. The van der Waals surface area contributed by atoms with Gasteiger partial charge in [0, 0.05) is 51.7 Å². The normalized spacial score (nSPS) is 14.4. The van der Waals surface area contributed by atoms with Crippen LogP contribution in [0.5, 0.6) is 0 Å². The molecule has 3 heterocycles. The number of aliphatic imine (C=N–C) groups is 1. The van der Waals surface area contributed by atoms with Gasteiger partial charge in [-0.15, -0.1) is 24.0 Å². The molecule has 3 rings (SSSR count). The molecule has 0 unspecified atom stereocenters. The molecule has 0 radical (unpaired) electrons. The Balaban J connectivity index is 0.00000300. The van der Waals surface area contributed by atoms with Gasteiger partial charge in [0.1, 0.15) is 5.82 Å². The van der Waals surface area contributed by atoms with E-state index in [1.807, 2.05) is 20.2 Å². The van der Waals surface area contributed by atoms with Crippen molar-refractivity contribution < 1.29 is 0 Å². The standard InChI is InChI=1S/C21H33N7.HI/c1-17-14-18(2)28(26-17)13-7-9-24-21(22-3)25-16-19-8-10-23-20(15-19)27-11-5-4-6-12-27;/h8,10,14-15H,4-7,9,11-13,16H2,1-3H3,(H2,22,24,25);1H. The van der Waals surface area contributed by atoms with Crippen molar-refractivity contribution in [2.75, 3.05) is 31.6 Å². The molecular formula is C21H34IN7. The van der Waals surface area contributed by atoms with Crippen LogP contribution < -0.4 is 15.5 Å². The van der Waals surface area contributed by atoms with Gasteiger partial charge in [-0.1, -0.05) is 0 Å². The van der Waals surface area contributed by atoms with Crippen molar-refractivity contribution in [3.05, 3.63) is 41.3 Å². The highest BCUT2D eigenvalue weighted by molar-refractivity contribution is 14.0.